The molecule has 0 radical (unpaired) electrons. The fraction of sp³-hybridized carbons (Fsp3) is 0.300. The Labute approximate surface area is 87.6 Å². The van der Waals surface area contributed by atoms with Gasteiger partial charge in [0, 0.05) is 11.3 Å². The summed E-state index contributed by atoms with van der Waals surface area (Å²) in [7, 11) is 0. The molecule has 1 aromatic carbocycles. The number of benzene rings is 1. The fourth-order valence-corrected chi connectivity index (χ4v) is 1.21. The van der Waals surface area contributed by atoms with Gasteiger partial charge < -0.3 is 10.5 Å². The van der Waals surface area contributed by atoms with E-state index in [-0.39, 0.29) is 0 Å². The lowest BCUT2D eigenvalue weighted by Crippen LogP contribution is -2.10. The van der Waals surface area contributed by atoms with Crippen LogP contribution in [-0.2, 0) is 0 Å². The molecular weight excluding hydrogens is 198 g/mol. The lowest BCUT2D eigenvalue weighted by atomic mass is 10.2. The predicted octanol–water partition coefficient (Wildman–Crippen LogP) is 1.53. The Morgan fingerprint density at radius 3 is 2.57 bits per heavy atom. The average molecular weight is 211 g/mol. The second-order valence-corrected chi connectivity index (χ2v) is 3.72. The van der Waals surface area contributed by atoms with E-state index in [1.807, 2.05) is 6.26 Å². The van der Waals surface area contributed by atoms with Gasteiger partial charge in [-0.15, -0.1) is 0 Å². The highest BCUT2D eigenvalue weighted by Gasteiger charge is 1.99. The van der Waals surface area contributed by atoms with Crippen LogP contribution in [-0.4, -0.2) is 24.5 Å². The van der Waals surface area contributed by atoms with Gasteiger partial charge in [0.25, 0.3) is 0 Å². The molecule has 0 aliphatic rings. The molecule has 3 nitrogen and oxygen atoms in total. The largest absolute Gasteiger partial charge is 0.493 e. The monoisotopic (exact) mass is 211 g/mol. The van der Waals surface area contributed by atoms with Gasteiger partial charge in [-0.05, 0) is 30.5 Å². The minimum atomic E-state index is -0.416. The van der Waals surface area contributed by atoms with Crippen LogP contribution in [0.3, 0.4) is 0 Å². The molecule has 76 valence electrons. The second-order valence-electron chi connectivity index (χ2n) is 2.73. The third-order valence-corrected chi connectivity index (χ3v) is 2.27. The smallest absolute Gasteiger partial charge is 0.248 e. The summed E-state index contributed by atoms with van der Waals surface area (Å²) in [5.74, 6) is 1.31. The molecule has 4 heteroatoms. The maximum Gasteiger partial charge on any atom is 0.248 e. The Hall–Kier alpha value is -1.16. The molecule has 2 N–H and O–H groups in total. The Morgan fingerprint density at radius 1 is 1.43 bits per heavy atom. The number of thioether (sulfide) groups is 1. The normalized spacial score (nSPS) is 9.79. The number of ether oxygens (including phenoxy) is 1. The molecule has 0 atom stereocenters. The van der Waals surface area contributed by atoms with Crippen LogP contribution < -0.4 is 10.5 Å². The minimum Gasteiger partial charge on any atom is -0.493 e. The molecule has 0 aliphatic carbocycles. The van der Waals surface area contributed by atoms with E-state index >= 15 is 0 Å². The number of nitrogens with two attached hydrogens (primary N) is 1. The molecule has 1 rings (SSSR count). The van der Waals surface area contributed by atoms with Crippen molar-refractivity contribution >= 4 is 17.7 Å². The highest BCUT2D eigenvalue weighted by molar-refractivity contribution is 7.98. The van der Waals surface area contributed by atoms with E-state index in [1.54, 1.807) is 36.0 Å². The molecule has 1 amide bonds. The van der Waals surface area contributed by atoms with Gasteiger partial charge in [0.1, 0.15) is 5.75 Å². The zero-order valence-corrected chi connectivity index (χ0v) is 8.84. The third kappa shape index (κ3) is 3.30. The van der Waals surface area contributed by atoms with Gasteiger partial charge in [0.2, 0.25) is 5.91 Å². The van der Waals surface area contributed by atoms with E-state index < -0.39 is 5.91 Å². The zero-order valence-electron chi connectivity index (χ0n) is 8.03. The van der Waals surface area contributed by atoms with Crippen LogP contribution in [0.4, 0.5) is 0 Å². The quantitative estimate of drug-likeness (QED) is 0.751. The summed E-state index contributed by atoms with van der Waals surface area (Å²) in [4.78, 5) is 10.8. The van der Waals surface area contributed by atoms with Crippen molar-refractivity contribution in [1.82, 2.24) is 0 Å². The van der Waals surface area contributed by atoms with Crippen LogP contribution in [0.25, 0.3) is 0 Å². The van der Waals surface area contributed by atoms with Crippen LogP contribution in [0.2, 0.25) is 0 Å². The maximum atomic E-state index is 10.8. The standard InChI is InChI=1S/C10H13NO2S/c1-14-7-6-13-9-4-2-8(3-5-9)10(11)12/h2-5H,6-7H2,1H3,(H2,11,12). The van der Waals surface area contributed by atoms with Gasteiger partial charge in [-0.3, -0.25) is 4.79 Å². The number of hydrogen-bond donors (Lipinski definition) is 1. The topological polar surface area (TPSA) is 52.3 Å². The molecule has 0 heterocycles. The molecule has 0 saturated carbocycles. The summed E-state index contributed by atoms with van der Waals surface area (Å²) in [6.45, 7) is 0.678. The average Bonchev–Trinajstić information content (AvgIpc) is 2.19. The Bertz CT molecular complexity index is 297. The number of carbonyl (C=O) groups is 1. The van der Waals surface area contributed by atoms with Crippen LogP contribution in [0.15, 0.2) is 24.3 Å². The summed E-state index contributed by atoms with van der Waals surface area (Å²) in [6.07, 6.45) is 2.03. The Balaban J connectivity index is 2.51. The number of rotatable bonds is 5. The van der Waals surface area contributed by atoms with Gasteiger partial charge in [-0.25, -0.2) is 0 Å². The van der Waals surface area contributed by atoms with E-state index in [0.29, 0.717) is 12.2 Å². The first-order valence-corrected chi connectivity index (χ1v) is 5.65. The lowest BCUT2D eigenvalue weighted by molar-refractivity contribution is 0.100. The number of hydrogen-bond acceptors (Lipinski definition) is 3. The molecule has 0 fully saturated rings. The van der Waals surface area contributed by atoms with Gasteiger partial charge in [-0.2, -0.15) is 11.8 Å². The predicted molar refractivity (Wildman–Crippen MR) is 58.8 cm³/mol. The first-order chi connectivity index (χ1) is 6.74. The molecule has 1 aromatic rings. The first-order valence-electron chi connectivity index (χ1n) is 4.25. The van der Waals surface area contributed by atoms with Crippen LogP contribution in [0, 0.1) is 0 Å². The van der Waals surface area contributed by atoms with Gasteiger partial charge in [0.15, 0.2) is 0 Å². The lowest BCUT2D eigenvalue weighted by Gasteiger charge is -2.04. The Morgan fingerprint density at radius 2 is 2.07 bits per heavy atom. The fourth-order valence-electron chi connectivity index (χ4n) is 0.958. The molecule has 0 spiro atoms. The molecule has 0 aromatic heterocycles. The maximum absolute atomic E-state index is 10.8. The zero-order chi connectivity index (χ0) is 10.4. The van der Waals surface area contributed by atoms with E-state index in [0.717, 1.165) is 11.5 Å². The second kappa shape index (κ2) is 5.54. The highest BCUT2D eigenvalue weighted by atomic mass is 32.2. The molecule has 0 bridgehead atoms. The first kappa shape index (κ1) is 10.9. The van der Waals surface area contributed by atoms with Crippen molar-refractivity contribution in [2.75, 3.05) is 18.6 Å². The van der Waals surface area contributed by atoms with Gasteiger partial charge in [0.05, 0.1) is 6.61 Å². The van der Waals surface area contributed by atoms with E-state index in [2.05, 4.69) is 0 Å². The summed E-state index contributed by atoms with van der Waals surface area (Å²) in [5.41, 5.74) is 5.60. The Kier molecular flexibility index (Phi) is 4.32. The van der Waals surface area contributed by atoms with E-state index in [4.69, 9.17) is 10.5 Å². The van der Waals surface area contributed by atoms with Gasteiger partial charge >= 0.3 is 0 Å². The summed E-state index contributed by atoms with van der Waals surface area (Å²) in [6, 6.07) is 6.83. The van der Waals surface area contributed by atoms with Crippen molar-refractivity contribution in [2.24, 2.45) is 5.73 Å². The molecular formula is C10H13NO2S. The van der Waals surface area contributed by atoms with E-state index in [1.165, 1.54) is 0 Å². The van der Waals surface area contributed by atoms with Crippen molar-refractivity contribution in [1.29, 1.82) is 0 Å². The summed E-state index contributed by atoms with van der Waals surface area (Å²) >= 11 is 1.73. The van der Waals surface area contributed by atoms with Crippen molar-refractivity contribution in [3.63, 3.8) is 0 Å². The molecule has 0 unspecified atom stereocenters. The van der Waals surface area contributed by atoms with E-state index in [9.17, 15) is 4.79 Å². The third-order valence-electron chi connectivity index (χ3n) is 1.70. The number of carbonyl (C=O) groups excluding carboxylic acids is 1. The van der Waals surface area contributed by atoms with Crippen LogP contribution in [0.1, 0.15) is 10.4 Å². The van der Waals surface area contributed by atoms with Gasteiger partial charge in [-0.1, -0.05) is 0 Å². The molecule has 14 heavy (non-hydrogen) atoms. The van der Waals surface area contributed by atoms with Crippen molar-refractivity contribution < 1.29 is 9.53 Å². The molecule has 0 saturated heterocycles. The minimum absolute atomic E-state index is 0.416. The summed E-state index contributed by atoms with van der Waals surface area (Å²) < 4.78 is 5.41. The number of primary amides is 1. The number of amides is 1. The van der Waals surface area contributed by atoms with Crippen molar-refractivity contribution in [3.8, 4) is 5.75 Å². The van der Waals surface area contributed by atoms with Crippen LogP contribution in [0.5, 0.6) is 5.75 Å². The highest BCUT2D eigenvalue weighted by Crippen LogP contribution is 2.11. The SMILES string of the molecule is CSCCOc1ccc(C(N)=O)cc1. The summed E-state index contributed by atoms with van der Waals surface area (Å²) in [5, 5.41) is 0. The van der Waals surface area contributed by atoms with Crippen LogP contribution >= 0.6 is 11.8 Å². The molecule has 0 aliphatic heterocycles. The van der Waals surface area contributed by atoms with Crippen molar-refractivity contribution in [2.45, 2.75) is 0 Å². The van der Waals surface area contributed by atoms with Crippen molar-refractivity contribution in [3.05, 3.63) is 29.8 Å².